The minimum absolute atomic E-state index is 0.0220. The highest BCUT2D eigenvalue weighted by Crippen LogP contribution is 2.21. The number of rotatable bonds is 4. The molecule has 1 amide bonds. The summed E-state index contributed by atoms with van der Waals surface area (Å²) in [6.07, 6.45) is 1.75. The van der Waals surface area contributed by atoms with E-state index >= 15 is 0 Å². The highest BCUT2D eigenvalue weighted by Gasteiger charge is 2.25. The van der Waals surface area contributed by atoms with Gasteiger partial charge in [-0.05, 0) is 39.6 Å². The largest absolute Gasteiger partial charge is 0.469 e. The second kappa shape index (κ2) is 6.78. The summed E-state index contributed by atoms with van der Waals surface area (Å²) in [4.78, 5) is 16.5. The monoisotopic (exact) mass is 332 g/mol. The summed E-state index contributed by atoms with van der Waals surface area (Å²) in [7, 11) is 3.83. The van der Waals surface area contributed by atoms with E-state index in [4.69, 9.17) is 4.42 Å². The SMILES string of the molecule is Cc1occc1C(=O)N1CCCn2nc(C(O)CN(C)C)cc2C1. The van der Waals surface area contributed by atoms with Crippen LogP contribution >= 0.6 is 0 Å². The van der Waals surface area contributed by atoms with E-state index in [1.54, 1.807) is 19.3 Å². The fourth-order valence-electron chi connectivity index (χ4n) is 3.04. The number of furan rings is 1. The minimum Gasteiger partial charge on any atom is -0.469 e. The van der Waals surface area contributed by atoms with E-state index in [-0.39, 0.29) is 5.91 Å². The second-order valence-electron chi connectivity index (χ2n) is 6.53. The van der Waals surface area contributed by atoms with E-state index in [1.165, 1.54) is 0 Å². The molecule has 0 radical (unpaired) electrons. The Morgan fingerprint density at radius 2 is 2.25 bits per heavy atom. The minimum atomic E-state index is -0.625. The molecule has 7 nitrogen and oxygen atoms in total. The standard InChI is InChI=1S/C17H24N4O3/c1-12-14(5-8-24-12)17(23)20-6-4-7-21-13(10-20)9-15(18-21)16(22)11-19(2)3/h5,8-9,16,22H,4,6-7,10-11H2,1-3H3. The molecule has 0 aliphatic carbocycles. The van der Waals surface area contributed by atoms with Crippen molar-refractivity contribution in [1.29, 1.82) is 0 Å². The Hall–Kier alpha value is -2.12. The Labute approximate surface area is 141 Å². The average molecular weight is 332 g/mol. The lowest BCUT2D eigenvalue weighted by molar-refractivity contribution is 0.0744. The van der Waals surface area contributed by atoms with E-state index in [1.807, 2.05) is 34.6 Å². The molecule has 1 unspecified atom stereocenters. The van der Waals surface area contributed by atoms with Crippen LogP contribution in [-0.4, -0.2) is 57.8 Å². The van der Waals surface area contributed by atoms with E-state index in [0.29, 0.717) is 36.7 Å². The van der Waals surface area contributed by atoms with Crippen molar-refractivity contribution in [3.05, 3.63) is 41.1 Å². The van der Waals surface area contributed by atoms with Gasteiger partial charge < -0.3 is 19.3 Å². The first-order valence-corrected chi connectivity index (χ1v) is 8.18. The van der Waals surface area contributed by atoms with Gasteiger partial charge in [0.2, 0.25) is 0 Å². The Balaban J connectivity index is 1.79. The van der Waals surface area contributed by atoms with Crippen molar-refractivity contribution < 1.29 is 14.3 Å². The van der Waals surface area contributed by atoms with Gasteiger partial charge in [-0.1, -0.05) is 0 Å². The Bertz CT molecular complexity index is 719. The van der Waals surface area contributed by atoms with Crippen molar-refractivity contribution in [2.45, 2.75) is 32.5 Å². The normalized spacial score (nSPS) is 16.1. The third kappa shape index (κ3) is 3.37. The second-order valence-corrected chi connectivity index (χ2v) is 6.53. The molecule has 0 spiro atoms. The van der Waals surface area contributed by atoms with Crippen LogP contribution in [-0.2, 0) is 13.1 Å². The molecule has 0 bridgehead atoms. The summed E-state index contributed by atoms with van der Waals surface area (Å²) in [5, 5.41) is 14.8. The quantitative estimate of drug-likeness (QED) is 0.917. The average Bonchev–Trinajstić information content (AvgIpc) is 3.07. The fourth-order valence-corrected chi connectivity index (χ4v) is 3.04. The van der Waals surface area contributed by atoms with Crippen LogP contribution in [0.5, 0.6) is 0 Å². The van der Waals surface area contributed by atoms with Gasteiger partial charge in [0.25, 0.3) is 5.91 Å². The van der Waals surface area contributed by atoms with Crippen LogP contribution in [0.4, 0.5) is 0 Å². The van der Waals surface area contributed by atoms with Gasteiger partial charge in [0.05, 0.1) is 29.8 Å². The van der Waals surface area contributed by atoms with Gasteiger partial charge in [0.1, 0.15) is 11.9 Å². The summed E-state index contributed by atoms with van der Waals surface area (Å²) in [5.74, 6) is 0.617. The van der Waals surface area contributed by atoms with Crippen LogP contribution in [0.3, 0.4) is 0 Å². The van der Waals surface area contributed by atoms with Crippen molar-refractivity contribution in [2.24, 2.45) is 0 Å². The molecular weight excluding hydrogens is 308 g/mol. The molecule has 24 heavy (non-hydrogen) atoms. The molecule has 130 valence electrons. The lowest BCUT2D eigenvalue weighted by atomic mass is 10.2. The van der Waals surface area contributed by atoms with Gasteiger partial charge in [-0.15, -0.1) is 0 Å². The molecule has 0 aromatic carbocycles. The molecule has 7 heteroatoms. The zero-order chi connectivity index (χ0) is 17.3. The predicted octanol–water partition coefficient (Wildman–Crippen LogP) is 1.43. The number of hydrogen-bond acceptors (Lipinski definition) is 5. The molecule has 1 atom stereocenters. The number of hydrogen-bond donors (Lipinski definition) is 1. The first-order valence-electron chi connectivity index (χ1n) is 8.18. The number of likely N-dealkylation sites (N-methyl/N-ethyl adjacent to an activating group) is 1. The summed E-state index contributed by atoms with van der Waals surface area (Å²) in [6, 6.07) is 3.62. The Morgan fingerprint density at radius 3 is 2.92 bits per heavy atom. The van der Waals surface area contributed by atoms with E-state index in [0.717, 1.165) is 18.7 Å². The van der Waals surface area contributed by atoms with Gasteiger partial charge >= 0.3 is 0 Å². The van der Waals surface area contributed by atoms with Crippen molar-refractivity contribution in [1.82, 2.24) is 19.6 Å². The molecule has 3 heterocycles. The lowest BCUT2D eigenvalue weighted by Gasteiger charge is -2.19. The van der Waals surface area contributed by atoms with Gasteiger partial charge in [-0.3, -0.25) is 9.48 Å². The number of fused-ring (bicyclic) bond motifs is 1. The molecule has 2 aromatic heterocycles. The topological polar surface area (TPSA) is 74.7 Å². The molecule has 1 aliphatic heterocycles. The predicted molar refractivity (Wildman–Crippen MR) is 88.5 cm³/mol. The number of carbonyl (C=O) groups is 1. The first-order chi connectivity index (χ1) is 11.5. The first kappa shape index (κ1) is 16.7. The molecular formula is C17H24N4O3. The van der Waals surface area contributed by atoms with Crippen LogP contribution in [0, 0.1) is 6.92 Å². The van der Waals surface area contributed by atoms with Crippen molar-refractivity contribution in [3.63, 3.8) is 0 Å². The molecule has 0 saturated heterocycles. The Morgan fingerprint density at radius 1 is 1.46 bits per heavy atom. The van der Waals surface area contributed by atoms with Gasteiger partial charge in [0.15, 0.2) is 0 Å². The summed E-state index contributed by atoms with van der Waals surface area (Å²) < 4.78 is 7.15. The fraction of sp³-hybridized carbons (Fsp3) is 0.529. The van der Waals surface area contributed by atoms with Gasteiger partial charge in [-0.25, -0.2) is 0 Å². The number of aromatic nitrogens is 2. The van der Waals surface area contributed by atoms with Crippen molar-refractivity contribution >= 4 is 5.91 Å². The number of nitrogens with zero attached hydrogens (tertiary/aromatic N) is 4. The molecule has 2 aromatic rings. The van der Waals surface area contributed by atoms with Gasteiger partial charge in [-0.2, -0.15) is 5.10 Å². The van der Waals surface area contributed by atoms with E-state index in [9.17, 15) is 9.90 Å². The Kier molecular flexibility index (Phi) is 4.73. The van der Waals surface area contributed by atoms with Crippen LogP contribution in [0.1, 0.15) is 40.0 Å². The summed E-state index contributed by atoms with van der Waals surface area (Å²) in [5.41, 5.74) is 2.22. The third-order valence-corrected chi connectivity index (χ3v) is 4.29. The number of carbonyl (C=O) groups excluding carboxylic acids is 1. The number of amides is 1. The number of aliphatic hydroxyl groups excluding tert-OH is 1. The number of aliphatic hydroxyl groups is 1. The summed E-state index contributed by atoms with van der Waals surface area (Å²) >= 11 is 0. The smallest absolute Gasteiger partial charge is 0.257 e. The molecule has 0 fully saturated rings. The number of aryl methyl sites for hydroxylation is 2. The third-order valence-electron chi connectivity index (χ3n) is 4.29. The maximum atomic E-state index is 12.7. The van der Waals surface area contributed by atoms with E-state index in [2.05, 4.69) is 5.10 Å². The van der Waals surface area contributed by atoms with Crippen molar-refractivity contribution in [3.8, 4) is 0 Å². The van der Waals surface area contributed by atoms with E-state index < -0.39 is 6.10 Å². The molecule has 3 rings (SSSR count). The molecule has 0 saturated carbocycles. The maximum absolute atomic E-state index is 12.7. The van der Waals surface area contributed by atoms with Crippen LogP contribution in [0.2, 0.25) is 0 Å². The zero-order valence-corrected chi connectivity index (χ0v) is 14.4. The maximum Gasteiger partial charge on any atom is 0.257 e. The lowest BCUT2D eigenvalue weighted by Crippen LogP contribution is -2.30. The summed E-state index contributed by atoms with van der Waals surface area (Å²) in [6.45, 7) is 4.24. The van der Waals surface area contributed by atoms with Crippen molar-refractivity contribution in [2.75, 3.05) is 27.2 Å². The highest BCUT2D eigenvalue weighted by molar-refractivity contribution is 5.95. The zero-order valence-electron chi connectivity index (χ0n) is 14.4. The van der Waals surface area contributed by atoms with Gasteiger partial charge in [0, 0.05) is 19.6 Å². The van der Waals surface area contributed by atoms with Crippen LogP contribution in [0.15, 0.2) is 22.8 Å². The van der Waals surface area contributed by atoms with Crippen LogP contribution < -0.4 is 0 Å². The van der Waals surface area contributed by atoms with Crippen LogP contribution in [0.25, 0.3) is 0 Å². The highest BCUT2D eigenvalue weighted by atomic mass is 16.3. The molecule has 1 N–H and O–H groups in total. The molecule has 1 aliphatic rings.